The predicted octanol–water partition coefficient (Wildman–Crippen LogP) is 5.51. The minimum absolute atomic E-state index is 0.0302. The standard InChI is InChI=1S/C31H27FN4O3S/c32-24-8-10-25(11-9-24)36-28-15-23-7-12-26(40(38,39)29-3-1-2-14-33-29)17-31(23,16-22(28)19-35-36)30(37)27-13-6-21(18-34-27)20-4-5-20/h1-3,6,8-11,13-15,18-20,26H,4-5,7,12,16-17H2/t26-,31-/m0/s1. The van der Waals surface area contributed by atoms with Gasteiger partial charge in [0.2, 0.25) is 0 Å². The van der Waals surface area contributed by atoms with Gasteiger partial charge in [0.15, 0.2) is 20.6 Å². The Labute approximate surface area is 231 Å². The molecule has 0 saturated heterocycles. The number of rotatable bonds is 6. The van der Waals surface area contributed by atoms with Crippen molar-refractivity contribution in [3.8, 4) is 5.69 Å². The number of allylic oxidation sites excluding steroid dienone is 1. The molecule has 9 heteroatoms. The number of hydrogen-bond acceptors (Lipinski definition) is 6. The average Bonchev–Trinajstić information content (AvgIpc) is 3.76. The highest BCUT2D eigenvalue weighted by atomic mass is 32.2. The molecule has 4 aromatic rings. The number of ketones is 1. The number of fused-ring (bicyclic) bond motifs is 2. The highest BCUT2D eigenvalue weighted by Gasteiger charge is 2.52. The molecule has 2 fully saturated rings. The molecule has 40 heavy (non-hydrogen) atoms. The summed E-state index contributed by atoms with van der Waals surface area (Å²) in [4.78, 5) is 23.1. The predicted molar refractivity (Wildman–Crippen MR) is 147 cm³/mol. The third-order valence-corrected chi connectivity index (χ3v) is 10.7. The summed E-state index contributed by atoms with van der Waals surface area (Å²) in [6, 6.07) is 14.7. The smallest absolute Gasteiger partial charge is 0.198 e. The molecule has 0 unspecified atom stereocenters. The van der Waals surface area contributed by atoms with Crippen LogP contribution in [0.2, 0.25) is 0 Å². The fourth-order valence-corrected chi connectivity index (χ4v) is 8.00. The lowest BCUT2D eigenvalue weighted by atomic mass is 9.61. The molecular formula is C31H27FN4O3S. The third-order valence-electron chi connectivity index (χ3n) is 8.56. The summed E-state index contributed by atoms with van der Waals surface area (Å²) in [6.45, 7) is 0. The lowest BCUT2D eigenvalue weighted by Gasteiger charge is -2.43. The summed E-state index contributed by atoms with van der Waals surface area (Å²) < 4.78 is 42.7. The van der Waals surface area contributed by atoms with Crippen molar-refractivity contribution in [1.29, 1.82) is 0 Å². The van der Waals surface area contributed by atoms with Gasteiger partial charge in [0.05, 0.1) is 28.2 Å². The molecule has 2 atom stereocenters. The molecule has 0 N–H and O–H groups in total. The zero-order chi connectivity index (χ0) is 27.5. The topological polar surface area (TPSA) is 94.8 Å². The van der Waals surface area contributed by atoms with Crippen LogP contribution in [0.25, 0.3) is 11.8 Å². The maximum absolute atomic E-state index is 14.4. The van der Waals surface area contributed by atoms with Gasteiger partial charge >= 0.3 is 0 Å². The van der Waals surface area contributed by atoms with Crippen LogP contribution in [0, 0.1) is 11.2 Å². The summed E-state index contributed by atoms with van der Waals surface area (Å²) in [7, 11) is -3.76. The van der Waals surface area contributed by atoms with Crippen molar-refractivity contribution < 1.29 is 17.6 Å². The van der Waals surface area contributed by atoms with E-state index in [0.29, 0.717) is 36.6 Å². The Morgan fingerprint density at radius 1 is 0.975 bits per heavy atom. The van der Waals surface area contributed by atoms with Crippen LogP contribution >= 0.6 is 0 Å². The van der Waals surface area contributed by atoms with Crippen LogP contribution in [0.1, 0.15) is 65.3 Å². The number of sulfone groups is 1. The molecule has 3 aromatic heterocycles. The summed E-state index contributed by atoms with van der Waals surface area (Å²) in [5.41, 5.74) is 3.68. The fraction of sp³-hybridized carbons (Fsp3) is 0.290. The van der Waals surface area contributed by atoms with Gasteiger partial charge in [0, 0.05) is 12.4 Å². The van der Waals surface area contributed by atoms with E-state index in [4.69, 9.17) is 0 Å². The van der Waals surface area contributed by atoms with Gasteiger partial charge in [-0.25, -0.2) is 22.5 Å². The molecule has 0 radical (unpaired) electrons. The van der Waals surface area contributed by atoms with Crippen molar-refractivity contribution >= 4 is 21.7 Å². The van der Waals surface area contributed by atoms with Gasteiger partial charge in [0.1, 0.15) is 11.5 Å². The molecule has 0 aliphatic heterocycles. The van der Waals surface area contributed by atoms with E-state index < -0.39 is 20.5 Å². The Balaban J connectivity index is 1.31. The normalized spacial score (nSPS) is 22.2. The number of nitrogens with zero attached hydrogens (tertiary/aromatic N) is 4. The third kappa shape index (κ3) is 4.11. The van der Waals surface area contributed by atoms with E-state index in [2.05, 4.69) is 15.1 Å². The molecule has 3 aliphatic carbocycles. The van der Waals surface area contributed by atoms with E-state index in [1.807, 2.05) is 12.1 Å². The van der Waals surface area contributed by atoms with Crippen molar-refractivity contribution in [3.05, 3.63) is 107 Å². The maximum atomic E-state index is 14.4. The Kier molecular flexibility index (Phi) is 5.82. The summed E-state index contributed by atoms with van der Waals surface area (Å²) >= 11 is 0. The van der Waals surface area contributed by atoms with Gasteiger partial charge in [-0.05, 0) is 104 Å². The highest BCUT2D eigenvalue weighted by Crippen LogP contribution is 2.52. The molecule has 3 heterocycles. The minimum atomic E-state index is -3.76. The van der Waals surface area contributed by atoms with Crippen molar-refractivity contribution in [2.75, 3.05) is 0 Å². The zero-order valence-electron chi connectivity index (χ0n) is 21.7. The number of carbonyl (C=O) groups is 1. The number of halogens is 1. The molecule has 3 aliphatic rings. The van der Waals surface area contributed by atoms with Crippen LogP contribution in [-0.4, -0.2) is 39.2 Å². The van der Waals surface area contributed by atoms with Crippen LogP contribution in [0.3, 0.4) is 0 Å². The molecule has 1 aromatic carbocycles. The van der Waals surface area contributed by atoms with Gasteiger partial charge < -0.3 is 0 Å². The van der Waals surface area contributed by atoms with Crippen molar-refractivity contribution in [2.45, 2.75) is 54.7 Å². The van der Waals surface area contributed by atoms with Gasteiger partial charge in [-0.15, -0.1) is 0 Å². The summed E-state index contributed by atoms with van der Waals surface area (Å²) in [5, 5.41) is 3.84. The van der Waals surface area contributed by atoms with Crippen LogP contribution in [0.4, 0.5) is 4.39 Å². The lowest BCUT2D eigenvalue weighted by molar-refractivity contribution is 0.0796. The molecule has 0 spiro atoms. The first kappa shape index (κ1) is 25.0. The maximum Gasteiger partial charge on any atom is 0.198 e. The number of carbonyl (C=O) groups excluding carboxylic acids is 1. The summed E-state index contributed by atoms with van der Waals surface area (Å²) in [6.07, 6.45) is 10.5. The van der Waals surface area contributed by atoms with Crippen LogP contribution in [0.15, 0.2) is 83.8 Å². The quantitative estimate of drug-likeness (QED) is 0.292. The number of aromatic nitrogens is 4. The van der Waals surface area contributed by atoms with E-state index in [1.165, 1.54) is 24.4 Å². The van der Waals surface area contributed by atoms with E-state index in [1.54, 1.807) is 47.4 Å². The first-order valence-corrected chi connectivity index (χ1v) is 15.1. The molecule has 7 nitrogen and oxygen atoms in total. The highest BCUT2D eigenvalue weighted by molar-refractivity contribution is 7.92. The number of hydrogen-bond donors (Lipinski definition) is 0. The SMILES string of the molecule is O=C(c1ccc(C2CC2)cn1)[C@]12Cc3cnn(-c4ccc(F)cc4)c3C=C1CC[C@H](S(=O)(=O)c1ccccn1)C2. The molecule has 7 rings (SSSR count). The van der Waals surface area contributed by atoms with E-state index in [9.17, 15) is 17.6 Å². The Hall–Kier alpha value is -3.98. The summed E-state index contributed by atoms with van der Waals surface area (Å²) in [5.74, 6) is 0.0185. The van der Waals surface area contributed by atoms with Crippen LogP contribution in [-0.2, 0) is 16.3 Å². The second-order valence-electron chi connectivity index (χ2n) is 11.0. The fourth-order valence-electron chi connectivity index (χ4n) is 6.25. The Bertz CT molecular complexity index is 1740. The molecule has 202 valence electrons. The molecule has 2 saturated carbocycles. The molecule has 0 amide bonds. The Morgan fingerprint density at radius 3 is 2.50 bits per heavy atom. The monoisotopic (exact) mass is 554 g/mol. The van der Waals surface area contributed by atoms with Crippen LogP contribution in [0.5, 0.6) is 0 Å². The number of Topliss-reactive ketones (excluding diaryl/α,β-unsaturated/α-hetero) is 1. The van der Waals surface area contributed by atoms with Gasteiger partial charge in [-0.3, -0.25) is 9.78 Å². The van der Waals surface area contributed by atoms with Crippen LogP contribution < -0.4 is 0 Å². The second-order valence-corrected chi connectivity index (χ2v) is 13.2. The van der Waals surface area contributed by atoms with E-state index >= 15 is 0 Å². The van der Waals surface area contributed by atoms with Gasteiger partial charge in [-0.1, -0.05) is 17.7 Å². The molecule has 0 bridgehead atoms. The second kappa shape index (κ2) is 9.30. The van der Waals surface area contributed by atoms with Gasteiger partial charge in [-0.2, -0.15) is 5.10 Å². The average molecular weight is 555 g/mol. The first-order valence-electron chi connectivity index (χ1n) is 13.5. The number of pyridine rings is 2. The minimum Gasteiger partial charge on any atom is -0.291 e. The van der Waals surface area contributed by atoms with E-state index in [0.717, 1.165) is 35.2 Å². The van der Waals surface area contributed by atoms with Crippen molar-refractivity contribution in [1.82, 2.24) is 19.7 Å². The first-order chi connectivity index (χ1) is 19.3. The van der Waals surface area contributed by atoms with E-state index in [-0.39, 0.29) is 23.0 Å². The largest absolute Gasteiger partial charge is 0.291 e. The molecular weight excluding hydrogens is 527 g/mol. The van der Waals surface area contributed by atoms with Crippen molar-refractivity contribution in [3.63, 3.8) is 0 Å². The van der Waals surface area contributed by atoms with Crippen molar-refractivity contribution in [2.24, 2.45) is 5.41 Å². The number of benzene rings is 1. The lowest BCUT2D eigenvalue weighted by Crippen LogP contribution is -2.46. The Morgan fingerprint density at radius 2 is 1.80 bits per heavy atom. The zero-order valence-corrected chi connectivity index (χ0v) is 22.5. The van der Waals surface area contributed by atoms with Gasteiger partial charge in [0.25, 0.3) is 0 Å².